The van der Waals surface area contributed by atoms with Crippen LogP contribution in [0.2, 0.25) is 0 Å². The molecule has 0 aromatic heterocycles. The fraction of sp³-hybridized carbons (Fsp3) is 0.700. The van der Waals surface area contributed by atoms with Gasteiger partial charge in [-0.2, -0.15) is 0 Å². The van der Waals surface area contributed by atoms with E-state index in [1.165, 1.54) is 68.1 Å². The molecule has 1 atom stereocenters. The van der Waals surface area contributed by atoms with Gasteiger partial charge in [-0.25, -0.2) is 0 Å². The van der Waals surface area contributed by atoms with Gasteiger partial charge in [-0.1, -0.05) is 77.0 Å². The van der Waals surface area contributed by atoms with E-state index in [0.717, 1.165) is 6.54 Å². The highest BCUT2D eigenvalue weighted by atomic mass is 14.9. The molecule has 1 unspecified atom stereocenters. The Balaban J connectivity index is 2.43. The zero-order chi connectivity index (χ0) is 15.5. The normalized spacial score (nSPS) is 12.6. The quantitative estimate of drug-likeness (QED) is 0.486. The van der Waals surface area contributed by atoms with Gasteiger partial charge in [0, 0.05) is 6.04 Å². The number of rotatable bonds is 11. The van der Waals surface area contributed by atoms with Crippen molar-refractivity contribution in [1.82, 2.24) is 5.32 Å². The van der Waals surface area contributed by atoms with E-state index in [4.69, 9.17) is 0 Å². The zero-order valence-corrected chi connectivity index (χ0v) is 14.7. The van der Waals surface area contributed by atoms with E-state index in [1.807, 2.05) is 0 Å². The lowest BCUT2D eigenvalue weighted by Crippen LogP contribution is -2.22. The van der Waals surface area contributed by atoms with Crippen LogP contribution in [0.3, 0.4) is 0 Å². The minimum absolute atomic E-state index is 0.534. The molecule has 0 saturated heterocycles. The van der Waals surface area contributed by atoms with E-state index >= 15 is 0 Å². The van der Waals surface area contributed by atoms with Crippen molar-refractivity contribution >= 4 is 0 Å². The molecule has 0 spiro atoms. The predicted octanol–water partition coefficient (Wildman–Crippen LogP) is 6.09. The van der Waals surface area contributed by atoms with Crippen molar-refractivity contribution in [3.8, 4) is 0 Å². The van der Waals surface area contributed by atoms with Crippen molar-refractivity contribution < 1.29 is 0 Å². The standard InChI is InChI=1S/C20H35N/c1-5-7-8-9-10-11-12-16-19(21-6-2)20-17(3)14-13-15-18(20)4/h13-15,19,21H,5-12,16H2,1-4H3. The smallest absolute Gasteiger partial charge is 0.0325 e. The molecular weight excluding hydrogens is 254 g/mol. The Labute approximate surface area is 132 Å². The Bertz CT molecular complexity index is 363. The van der Waals surface area contributed by atoms with Crippen LogP contribution in [-0.4, -0.2) is 6.54 Å². The molecular formula is C20H35N. The Morgan fingerprint density at radius 2 is 1.43 bits per heavy atom. The SMILES string of the molecule is CCCCCCCCCC(NCC)c1c(C)cccc1C. The van der Waals surface area contributed by atoms with Crippen molar-refractivity contribution in [2.75, 3.05) is 6.54 Å². The first kappa shape index (κ1) is 18.2. The summed E-state index contributed by atoms with van der Waals surface area (Å²) in [6, 6.07) is 7.20. The molecule has 1 N–H and O–H groups in total. The van der Waals surface area contributed by atoms with Crippen LogP contribution in [0.4, 0.5) is 0 Å². The van der Waals surface area contributed by atoms with Crippen molar-refractivity contribution in [2.45, 2.75) is 85.1 Å². The highest BCUT2D eigenvalue weighted by Gasteiger charge is 2.14. The second kappa shape index (κ2) is 10.8. The third kappa shape index (κ3) is 6.65. The van der Waals surface area contributed by atoms with Crippen LogP contribution in [-0.2, 0) is 0 Å². The van der Waals surface area contributed by atoms with Crippen molar-refractivity contribution in [3.05, 3.63) is 34.9 Å². The first-order valence-electron chi connectivity index (χ1n) is 9.00. The van der Waals surface area contributed by atoms with E-state index < -0.39 is 0 Å². The summed E-state index contributed by atoms with van der Waals surface area (Å²) < 4.78 is 0. The molecule has 1 aromatic rings. The lowest BCUT2D eigenvalue weighted by molar-refractivity contribution is 0.473. The van der Waals surface area contributed by atoms with Gasteiger partial charge >= 0.3 is 0 Å². The third-order valence-corrected chi connectivity index (χ3v) is 4.44. The Kier molecular flexibility index (Phi) is 9.41. The number of unbranched alkanes of at least 4 members (excludes halogenated alkanes) is 6. The summed E-state index contributed by atoms with van der Waals surface area (Å²) in [6.45, 7) is 10.0. The minimum atomic E-state index is 0.534. The summed E-state index contributed by atoms with van der Waals surface area (Å²) in [7, 11) is 0. The highest BCUT2D eigenvalue weighted by Crippen LogP contribution is 2.26. The van der Waals surface area contributed by atoms with Gasteiger partial charge < -0.3 is 5.32 Å². The molecule has 1 rings (SSSR count). The summed E-state index contributed by atoms with van der Waals surface area (Å²) in [5, 5.41) is 3.69. The maximum atomic E-state index is 3.69. The summed E-state index contributed by atoms with van der Waals surface area (Å²) >= 11 is 0. The first-order valence-corrected chi connectivity index (χ1v) is 9.00. The molecule has 0 fully saturated rings. The predicted molar refractivity (Wildman–Crippen MR) is 94.9 cm³/mol. The summed E-state index contributed by atoms with van der Waals surface area (Å²) in [5.41, 5.74) is 4.40. The lowest BCUT2D eigenvalue weighted by Gasteiger charge is -2.22. The van der Waals surface area contributed by atoms with Gasteiger partial charge in [0.1, 0.15) is 0 Å². The van der Waals surface area contributed by atoms with E-state index in [0.29, 0.717) is 6.04 Å². The van der Waals surface area contributed by atoms with Crippen molar-refractivity contribution in [2.24, 2.45) is 0 Å². The van der Waals surface area contributed by atoms with Gasteiger partial charge in [0.2, 0.25) is 0 Å². The first-order chi connectivity index (χ1) is 10.2. The van der Waals surface area contributed by atoms with E-state index in [-0.39, 0.29) is 0 Å². The molecule has 1 heteroatoms. The molecule has 0 bridgehead atoms. The molecule has 1 nitrogen and oxygen atoms in total. The average molecular weight is 290 g/mol. The van der Waals surface area contributed by atoms with Crippen LogP contribution in [0.1, 0.15) is 87.9 Å². The molecule has 0 aliphatic carbocycles. The number of aryl methyl sites for hydroxylation is 2. The van der Waals surface area contributed by atoms with Crippen LogP contribution >= 0.6 is 0 Å². The Morgan fingerprint density at radius 3 is 2.00 bits per heavy atom. The van der Waals surface area contributed by atoms with Gasteiger partial charge in [0.15, 0.2) is 0 Å². The van der Waals surface area contributed by atoms with Crippen molar-refractivity contribution in [1.29, 1.82) is 0 Å². The Morgan fingerprint density at radius 1 is 0.857 bits per heavy atom. The third-order valence-electron chi connectivity index (χ3n) is 4.44. The molecule has 120 valence electrons. The second-order valence-corrected chi connectivity index (χ2v) is 6.33. The highest BCUT2D eigenvalue weighted by molar-refractivity contribution is 5.36. The molecule has 0 saturated carbocycles. The maximum Gasteiger partial charge on any atom is 0.0325 e. The van der Waals surface area contributed by atoms with E-state index in [9.17, 15) is 0 Å². The number of benzene rings is 1. The van der Waals surface area contributed by atoms with Gasteiger partial charge in [0.05, 0.1) is 0 Å². The van der Waals surface area contributed by atoms with Crippen LogP contribution in [0.15, 0.2) is 18.2 Å². The summed E-state index contributed by atoms with van der Waals surface area (Å²) in [6.07, 6.45) is 11.0. The number of hydrogen-bond donors (Lipinski definition) is 1. The molecule has 1 aromatic carbocycles. The summed E-state index contributed by atoms with van der Waals surface area (Å²) in [5.74, 6) is 0. The van der Waals surface area contributed by atoms with E-state index in [2.05, 4.69) is 51.2 Å². The van der Waals surface area contributed by atoms with Gasteiger partial charge in [0.25, 0.3) is 0 Å². The van der Waals surface area contributed by atoms with Gasteiger partial charge in [-0.05, 0) is 43.5 Å². The zero-order valence-electron chi connectivity index (χ0n) is 14.7. The Hall–Kier alpha value is -0.820. The lowest BCUT2D eigenvalue weighted by atomic mass is 9.92. The maximum absolute atomic E-state index is 3.69. The van der Waals surface area contributed by atoms with Gasteiger partial charge in [-0.3, -0.25) is 0 Å². The fourth-order valence-corrected chi connectivity index (χ4v) is 3.28. The monoisotopic (exact) mass is 289 g/mol. The number of nitrogens with one attached hydrogen (secondary N) is 1. The minimum Gasteiger partial charge on any atom is -0.310 e. The average Bonchev–Trinajstić information content (AvgIpc) is 2.46. The topological polar surface area (TPSA) is 12.0 Å². The molecule has 0 amide bonds. The van der Waals surface area contributed by atoms with Crippen molar-refractivity contribution in [3.63, 3.8) is 0 Å². The van der Waals surface area contributed by atoms with E-state index in [1.54, 1.807) is 0 Å². The molecule has 0 radical (unpaired) electrons. The molecule has 0 aliphatic rings. The molecule has 0 heterocycles. The van der Waals surface area contributed by atoms with Crippen LogP contribution < -0.4 is 5.32 Å². The second-order valence-electron chi connectivity index (χ2n) is 6.33. The number of hydrogen-bond acceptors (Lipinski definition) is 1. The summed E-state index contributed by atoms with van der Waals surface area (Å²) in [4.78, 5) is 0. The van der Waals surface area contributed by atoms with Crippen LogP contribution in [0.25, 0.3) is 0 Å². The molecule has 21 heavy (non-hydrogen) atoms. The van der Waals surface area contributed by atoms with Gasteiger partial charge in [-0.15, -0.1) is 0 Å². The fourth-order valence-electron chi connectivity index (χ4n) is 3.28. The van der Waals surface area contributed by atoms with Crippen LogP contribution in [0, 0.1) is 13.8 Å². The molecule has 0 aliphatic heterocycles. The van der Waals surface area contributed by atoms with Crippen LogP contribution in [0.5, 0.6) is 0 Å². The largest absolute Gasteiger partial charge is 0.310 e.